The molecule has 0 aliphatic carbocycles. The van der Waals surface area contributed by atoms with Crippen LogP contribution in [0.1, 0.15) is 12.0 Å². The molecule has 0 amide bonds. The highest BCUT2D eigenvalue weighted by atomic mass is 35.5. The fourth-order valence-corrected chi connectivity index (χ4v) is 2.13. The number of methoxy groups -OCH3 is 1. The first kappa shape index (κ1) is 15.7. The Bertz CT molecular complexity index is 552. The monoisotopic (exact) mass is 303 g/mol. The van der Waals surface area contributed by atoms with Gasteiger partial charge in [-0.15, -0.1) is 0 Å². The largest absolute Gasteiger partial charge is 0.469 e. The lowest BCUT2D eigenvalue weighted by molar-refractivity contribution is -0.140. The minimum absolute atomic E-state index is 0.0000352. The van der Waals surface area contributed by atoms with Crippen molar-refractivity contribution in [3.63, 3.8) is 0 Å². The van der Waals surface area contributed by atoms with E-state index in [1.165, 1.54) is 13.2 Å². The van der Waals surface area contributed by atoms with Gasteiger partial charge in [0.15, 0.2) is 0 Å². The number of benzene rings is 1. The third-order valence-corrected chi connectivity index (χ3v) is 3.52. The summed E-state index contributed by atoms with van der Waals surface area (Å²) >= 11 is 5.72. The number of nitrogens with one attached hydrogen (secondary N) is 1. The average Bonchev–Trinajstić information content (AvgIpc) is 2.38. The summed E-state index contributed by atoms with van der Waals surface area (Å²) in [5.74, 6) is -0.468. The van der Waals surface area contributed by atoms with Crippen molar-refractivity contribution >= 4 is 33.7 Å². The number of carbonyl (C=O) groups excluding carboxylic acids is 1. The summed E-state index contributed by atoms with van der Waals surface area (Å²) in [6, 6.07) is 6.72. The van der Waals surface area contributed by atoms with Crippen LogP contribution in [0.2, 0.25) is 5.02 Å². The van der Waals surface area contributed by atoms with Crippen LogP contribution < -0.4 is 4.72 Å². The van der Waals surface area contributed by atoms with Gasteiger partial charge in [0.05, 0.1) is 13.5 Å². The smallest absolute Gasteiger partial charge is 0.306 e. The summed E-state index contributed by atoms with van der Waals surface area (Å²) in [4.78, 5) is 10.8. The van der Waals surface area contributed by atoms with Crippen molar-refractivity contribution in [1.82, 2.24) is 4.72 Å². The second-order valence-corrected chi connectivity index (χ2v) is 5.71. The molecule has 1 aromatic rings. The van der Waals surface area contributed by atoms with Crippen LogP contribution in [0, 0.1) is 0 Å². The van der Waals surface area contributed by atoms with E-state index >= 15 is 0 Å². The molecule has 0 heterocycles. The number of sulfonamides is 1. The van der Waals surface area contributed by atoms with Crippen LogP contribution in [0.5, 0.6) is 0 Å². The van der Waals surface area contributed by atoms with E-state index in [1.807, 2.05) is 0 Å². The number of esters is 1. The van der Waals surface area contributed by atoms with Gasteiger partial charge in [-0.25, -0.2) is 13.1 Å². The van der Waals surface area contributed by atoms with Crippen LogP contribution in [0.3, 0.4) is 0 Å². The summed E-state index contributed by atoms with van der Waals surface area (Å²) in [7, 11) is -2.32. The number of rotatable bonds is 6. The molecule has 0 atom stereocenters. The van der Waals surface area contributed by atoms with E-state index in [0.29, 0.717) is 10.6 Å². The second-order valence-electron chi connectivity index (χ2n) is 3.62. The molecular weight excluding hydrogens is 290 g/mol. The van der Waals surface area contributed by atoms with Crippen LogP contribution in [0.15, 0.2) is 29.7 Å². The molecule has 19 heavy (non-hydrogen) atoms. The van der Waals surface area contributed by atoms with E-state index in [-0.39, 0.29) is 13.0 Å². The molecule has 104 valence electrons. The molecule has 0 aliphatic rings. The Morgan fingerprint density at radius 1 is 1.37 bits per heavy atom. The molecule has 0 aliphatic heterocycles. The molecule has 1 N–H and O–H groups in total. The van der Waals surface area contributed by atoms with E-state index in [1.54, 1.807) is 24.3 Å². The number of ether oxygens (including phenoxy) is 1. The summed E-state index contributed by atoms with van der Waals surface area (Å²) in [6.45, 7) is -0.0000352. The SMILES string of the molecule is COC(=O)CCNS(=O)(=O)C=Cc1ccc(Cl)cc1. The fraction of sp³-hybridized carbons (Fsp3) is 0.250. The molecule has 1 aromatic carbocycles. The van der Waals surface area contributed by atoms with Crippen LogP contribution in [-0.2, 0) is 19.6 Å². The number of carbonyl (C=O) groups is 1. The average molecular weight is 304 g/mol. The lowest BCUT2D eigenvalue weighted by Gasteiger charge is -2.01. The molecule has 5 nitrogen and oxygen atoms in total. The van der Waals surface area contributed by atoms with Crippen LogP contribution >= 0.6 is 11.6 Å². The minimum Gasteiger partial charge on any atom is -0.469 e. The molecule has 0 saturated carbocycles. The molecule has 0 unspecified atom stereocenters. The molecule has 7 heteroatoms. The van der Waals surface area contributed by atoms with Gasteiger partial charge in [0.1, 0.15) is 0 Å². The van der Waals surface area contributed by atoms with Gasteiger partial charge in [-0.05, 0) is 23.8 Å². The summed E-state index contributed by atoms with van der Waals surface area (Å²) in [6.07, 6.45) is 1.43. The summed E-state index contributed by atoms with van der Waals surface area (Å²) in [5, 5.41) is 1.62. The van der Waals surface area contributed by atoms with Crippen LogP contribution in [0.25, 0.3) is 6.08 Å². The quantitative estimate of drug-likeness (QED) is 0.813. The zero-order valence-corrected chi connectivity index (χ0v) is 11.9. The number of halogens is 1. The molecule has 0 spiro atoms. The van der Waals surface area contributed by atoms with E-state index in [4.69, 9.17) is 11.6 Å². The summed E-state index contributed by atoms with van der Waals surface area (Å²) in [5.41, 5.74) is 0.711. The van der Waals surface area contributed by atoms with Gasteiger partial charge >= 0.3 is 5.97 Å². The highest BCUT2D eigenvalue weighted by Gasteiger charge is 2.06. The van der Waals surface area contributed by atoms with Gasteiger partial charge in [0.2, 0.25) is 10.0 Å². The number of hydrogen-bond donors (Lipinski definition) is 1. The zero-order chi connectivity index (χ0) is 14.3. The van der Waals surface area contributed by atoms with Crippen molar-refractivity contribution in [2.75, 3.05) is 13.7 Å². The van der Waals surface area contributed by atoms with Gasteiger partial charge in [-0.1, -0.05) is 23.7 Å². The van der Waals surface area contributed by atoms with Crippen LogP contribution in [0.4, 0.5) is 0 Å². The Balaban J connectivity index is 2.54. The maximum atomic E-state index is 11.6. The van der Waals surface area contributed by atoms with Gasteiger partial charge in [0.25, 0.3) is 0 Å². The van der Waals surface area contributed by atoms with Crippen molar-refractivity contribution in [2.45, 2.75) is 6.42 Å². The first-order valence-corrected chi connectivity index (χ1v) is 7.35. The third-order valence-electron chi connectivity index (χ3n) is 2.17. The van der Waals surface area contributed by atoms with Crippen molar-refractivity contribution < 1.29 is 17.9 Å². The standard InChI is InChI=1S/C12H14ClNO4S/c1-18-12(15)6-8-14-19(16,17)9-7-10-2-4-11(13)5-3-10/h2-5,7,9,14H,6,8H2,1H3. The third kappa shape index (κ3) is 6.37. The maximum Gasteiger partial charge on any atom is 0.306 e. The van der Waals surface area contributed by atoms with E-state index in [9.17, 15) is 13.2 Å². The predicted molar refractivity (Wildman–Crippen MR) is 74.0 cm³/mol. The highest BCUT2D eigenvalue weighted by molar-refractivity contribution is 7.92. The van der Waals surface area contributed by atoms with Crippen molar-refractivity contribution in [1.29, 1.82) is 0 Å². The molecular formula is C12H14ClNO4S. The second kappa shape index (κ2) is 7.28. The fourth-order valence-electron chi connectivity index (χ4n) is 1.19. The normalized spacial score (nSPS) is 11.7. The predicted octanol–water partition coefficient (Wildman–Crippen LogP) is 1.79. The topological polar surface area (TPSA) is 72.5 Å². The lowest BCUT2D eigenvalue weighted by Crippen LogP contribution is -2.24. The van der Waals surface area contributed by atoms with Crippen LogP contribution in [-0.4, -0.2) is 28.0 Å². The summed E-state index contributed by atoms with van der Waals surface area (Å²) < 4.78 is 29.8. The van der Waals surface area contributed by atoms with Gasteiger partial charge in [-0.3, -0.25) is 4.79 Å². The molecule has 0 fully saturated rings. The lowest BCUT2D eigenvalue weighted by atomic mass is 10.2. The van der Waals surface area contributed by atoms with E-state index in [0.717, 1.165) is 5.41 Å². The first-order valence-electron chi connectivity index (χ1n) is 5.43. The minimum atomic E-state index is -3.57. The van der Waals surface area contributed by atoms with Crippen molar-refractivity contribution in [3.8, 4) is 0 Å². The van der Waals surface area contributed by atoms with E-state index < -0.39 is 16.0 Å². The molecule has 0 bridgehead atoms. The van der Waals surface area contributed by atoms with E-state index in [2.05, 4.69) is 9.46 Å². The Kier molecular flexibility index (Phi) is 6.01. The molecule has 0 radical (unpaired) electrons. The Hall–Kier alpha value is -1.37. The first-order chi connectivity index (χ1) is 8.93. The Labute approximate surface area is 117 Å². The Morgan fingerprint density at radius 3 is 2.58 bits per heavy atom. The highest BCUT2D eigenvalue weighted by Crippen LogP contribution is 2.11. The molecule has 0 saturated heterocycles. The molecule has 0 aromatic heterocycles. The number of hydrogen-bond acceptors (Lipinski definition) is 4. The van der Waals surface area contributed by atoms with Gasteiger partial charge in [-0.2, -0.15) is 0 Å². The zero-order valence-electron chi connectivity index (χ0n) is 10.3. The van der Waals surface area contributed by atoms with Gasteiger partial charge in [0, 0.05) is 17.0 Å². The van der Waals surface area contributed by atoms with Gasteiger partial charge < -0.3 is 4.74 Å². The van der Waals surface area contributed by atoms with Crippen molar-refractivity contribution in [2.24, 2.45) is 0 Å². The molecule has 1 rings (SSSR count). The Morgan fingerprint density at radius 2 is 2.00 bits per heavy atom. The van der Waals surface area contributed by atoms with Crippen molar-refractivity contribution in [3.05, 3.63) is 40.3 Å². The maximum absolute atomic E-state index is 11.6.